The number of ether oxygens (including phenoxy) is 1. The molecule has 0 spiro atoms. The number of rotatable bonds is 6. The average molecular weight is 161 g/mol. The Bertz CT molecular complexity index is 110. The third-order valence-electron chi connectivity index (χ3n) is 1.12. The third-order valence-corrected chi connectivity index (χ3v) is 1.12. The van der Waals surface area contributed by atoms with E-state index in [0.717, 1.165) is 0 Å². The second kappa shape index (κ2) is 6.09. The van der Waals surface area contributed by atoms with Gasteiger partial charge in [-0.15, -0.1) is 0 Å². The van der Waals surface area contributed by atoms with Crippen molar-refractivity contribution in [2.24, 2.45) is 5.10 Å². The van der Waals surface area contributed by atoms with Crippen LogP contribution < -0.4 is 5.43 Å². The lowest BCUT2D eigenvalue weighted by Gasteiger charge is -2.21. The molecule has 0 aromatic heterocycles. The Balaban J connectivity index is 3.45. The van der Waals surface area contributed by atoms with Gasteiger partial charge in [-0.05, 0) is 14.0 Å². The molecule has 0 saturated heterocycles. The molecule has 0 aliphatic rings. The fourth-order valence-electron chi connectivity index (χ4n) is 0.516. The van der Waals surface area contributed by atoms with Gasteiger partial charge in [-0.2, -0.15) is 5.10 Å². The Morgan fingerprint density at radius 1 is 1.82 bits per heavy atom. The molecule has 1 atom stereocenters. The van der Waals surface area contributed by atoms with Gasteiger partial charge in [-0.25, -0.2) is 4.90 Å². The summed E-state index contributed by atoms with van der Waals surface area (Å²) in [6, 6.07) is 0. The molecule has 0 aliphatic heterocycles. The third kappa shape index (κ3) is 4.72. The molecule has 0 saturated carbocycles. The highest BCUT2D eigenvalue weighted by Gasteiger charge is 2.08. The maximum atomic E-state index is 9.15. The average Bonchev–Trinajstić information content (AvgIpc) is 2.00. The van der Waals surface area contributed by atoms with Crippen LogP contribution in [-0.2, 0) is 4.74 Å². The highest BCUT2D eigenvalue weighted by molar-refractivity contribution is 5.22. The Hall–Kier alpha value is -0.650. The van der Waals surface area contributed by atoms with Crippen LogP contribution >= 0.6 is 0 Å². The largest absolute Gasteiger partial charge is 0.356 e. The minimum Gasteiger partial charge on any atom is -0.356 e. The molecule has 0 radical (unpaired) electrons. The molecule has 1 unspecified atom stereocenters. The number of hydrogen-bond donors (Lipinski definition) is 2. The fourth-order valence-corrected chi connectivity index (χ4v) is 0.516. The normalized spacial score (nSPS) is 13.1. The molecule has 66 valence electrons. The topological polar surface area (TPSA) is 57.1 Å². The molecule has 0 aromatic carbocycles. The van der Waals surface area contributed by atoms with E-state index in [9.17, 15) is 0 Å². The predicted octanol–water partition coefficient (Wildman–Crippen LogP) is -0.607. The first-order valence-electron chi connectivity index (χ1n) is 3.40. The highest BCUT2D eigenvalue weighted by Crippen LogP contribution is 1.91. The Morgan fingerprint density at radius 2 is 2.45 bits per heavy atom. The molecule has 0 aliphatic carbocycles. The lowest BCUT2D eigenvalue weighted by molar-refractivity contribution is -0.183. The van der Waals surface area contributed by atoms with E-state index in [1.807, 2.05) is 6.92 Å². The minimum absolute atomic E-state index is 0.407. The smallest absolute Gasteiger partial charge is 0.217 e. The van der Waals surface area contributed by atoms with Crippen molar-refractivity contribution in [1.29, 1.82) is 0 Å². The fraction of sp³-hybridized carbons (Fsp3) is 0.833. The van der Waals surface area contributed by atoms with E-state index in [1.165, 1.54) is 0 Å². The molecule has 11 heavy (non-hydrogen) atoms. The van der Waals surface area contributed by atoms with Crippen LogP contribution in [0.2, 0.25) is 0 Å². The first-order valence-corrected chi connectivity index (χ1v) is 3.40. The quantitative estimate of drug-likeness (QED) is 0.310. The van der Waals surface area contributed by atoms with Crippen molar-refractivity contribution >= 4 is 6.72 Å². The van der Waals surface area contributed by atoms with Crippen molar-refractivity contribution in [2.45, 2.75) is 13.3 Å². The van der Waals surface area contributed by atoms with Gasteiger partial charge in [-0.3, -0.25) is 5.43 Å². The van der Waals surface area contributed by atoms with Crippen LogP contribution in [0.1, 0.15) is 6.92 Å². The maximum Gasteiger partial charge on any atom is 0.217 e. The summed E-state index contributed by atoms with van der Waals surface area (Å²) in [5.41, 5.74) is 2.59. The number of aliphatic hydroxyl groups is 1. The van der Waals surface area contributed by atoms with Crippen LogP contribution in [0.4, 0.5) is 0 Å². The van der Waals surface area contributed by atoms with Crippen molar-refractivity contribution in [3.8, 4) is 0 Å². The van der Waals surface area contributed by atoms with Crippen LogP contribution in [0, 0.1) is 0 Å². The number of nitrogens with zero attached hydrogens (tertiary/aromatic N) is 2. The molecule has 5 nitrogen and oxygen atoms in total. The summed E-state index contributed by atoms with van der Waals surface area (Å²) < 4.78 is 4.88. The van der Waals surface area contributed by atoms with Gasteiger partial charge in [0.15, 0.2) is 0 Å². The van der Waals surface area contributed by atoms with E-state index in [-0.39, 0.29) is 0 Å². The molecule has 0 bridgehead atoms. The number of nitrogens with one attached hydrogen (secondary N) is 1. The van der Waals surface area contributed by atoms with Gasteiger partial charge >= 0.3 is 0 Å². The number of aliphatic hydroxyl groups excluding tert-OH is 1. The van der Waals surface area contributed by atoms with Crippen molar-refractivity contribution in [1.82, 2.24) is 10.3 Å². The summed E-state index contributed by atoms with van der Waals surface area (Å²) in [5.74, 6) is 0. The molecule has 0 amide bonds. The molecule has 0 fully saturated rings. The second-order valence-corrected chi connectivity index (χ2v) is 2.01. The SMILES string of the molecule is C=NNCN(C)C(O)OCC. The summed E-state index contributed by atoms with van der Waals surface area (Å²) in [6.45, 7) is 5.93. The lowest BCUT2D eigenvalue weighted by atomic mass is 10.8. The van der Waals surface area contributed by atoms with Crippen molar-refractivity contribution in [3.05, 3.63) is 0 Å². The van der Waals surface area contributed by atoms with Crippen LogP contribution in [0.25, 0.3) is 0 Å². The Morgan fingerprint density at radius 3 is 2.91 bits per heavy atom. The lowest BCUT2D eigenvalue weighted by Crippen LogP contribution is -2.38. The van der Waals surface area contributed by atoms with E-state index in [4.69, 9.17) is 9.84 Å². The zero-order chi connectivity index (χ0) is 8.69. The first kappa shape index (κ1) is 10.3. The first-order chi connectivity index (χ1) is 5.22. The summed E-state index contributed by atoms with van der Waals surface area (Å²) in [5, 5.41) is 12.6. The Kier molecular flexibility index (Phi) is 5.73. The molecule has 0 aromatic rings. The van der Waals surface area contributed by atoms with Gasteiger partial charge in [-0.1, -0.05) is 0 Å². The summed E-state index contributed by atoms with van der Waals surface area (Å²) in [6.07, 6.45) is -0.880. The monoisotopic (exact) mass is 161 g/mol. The van der Waals surface area contributed by atoms with Crippen molar-refractivity contribution in [3.63, 3.8) is 0 Å². The zero-order valence-corrected chi connectivity index (χ0v) is 6.95. The van der Waals surface area contributed by atoms with Gasteiger partial charge < -0.3 is 9.84 Å². The second-order valence-electron chi connectivity index (χ2n) is 2.01. The van der Waals surface area contributed by atoms with E-state index < -0.39 is 6.41 Å². The van der Waals surface area contributed by atoms with Gasteiger partial charge in [0.2, 0.25) is 6.41 Å². The van der Waals surface area contributed by atoms with Crippen molar-refractivity contribution in [2.75, 3.05) is 20.3 Å². The summed E-state index contributed by atoms with van der Waals surface area (Å²) >= 11 is 0. The van der Waals surface area contributed by atoms with Crippen LogP contribution in [-0.4, -0.2) is 43.5 Å². The van der Waals surface area contributed by atoms with Crippen molar-refractivity contribution < 1.29 is 9.84 Å². The molecular formula is C6H15N3O2. The number of hydrogen-bond acceptors (Lipinski definition) is 5. The highest BCUT2D eigenvalue weighted by atomic mass is 16.6. The summed E-state index contributed by atoms with van der Waals surface area (Å²) in [4.78, 5) is 1.55. The van der Waals surface area contributed by atoms with Crippen LogP contribution in [0.3, 0.4) is 0 Å². The summed E-state index contributed by atoms with van der Waals surface area (Å²) in [7, 11) is 1.71. The van der Waals surface area contributed by atoms with Gasteiger partial charge in [0, 0.05) is 13.3 Å². The molecule has 0 rings (SSSR count). The molecular weight excluding hydrogens is 146 g/mol. The van der Waals surface area contributed by atoms with Gasteiger partial charge in [0.25, 0.3) is 0 Å². The van der Waals surface area contributed by atoms with E-state index in [2.05, 4.69) is 17.2 Å². The number of hydrazone groups is 1. The van der Waals surface area contributed by atoms with E-state index in [1.54, 1.807) is 11.9 Å². The molecule has 2 N–H and O–H groups in total. The van der Waals surface area contributed by atoms with Crippen LogP contribution in [0.5, 0.6) is 0 Å². The molecule has 5 heteroatoms. The predicted molar refractivity (Wildman–Crippen MR) is 42.9 cm³/mol. The Labute approximate surface area is 66.6 Å². The standard InChI is InChI=1S/C6H15N3O2/c1-4-11-6(10)9(3)5-8-7-2/h6,8,10H,2,4-5H2,1,3H3. The molecule has 0 heterocycles. The zero-order valence-electron chi connectivity index (χ0n) is 6.95. The maximum absolute atomic E-state index is 9.15. The van der Waals surface area contributed by atoms with E-state index in [0.29, 0.717) is 13.3 Å². The van der Waals surface area contributed by atoms with E-state index >= 15 is 0 Å². The van der Waals surface area contributed by atoms with Gasteiger partial charge in [0.05, 0.1) is 6.67 Å². The minimum atomic E-state index is -0.880. The van der Waals surface area contributed by atoms with Gasteiger partial charge in [0.1, 0.15) is 0 Å². The van der Waals surface area contributed by atoms with Crippen LogP contribution in [0.15, 0.2) is 5.10 Å².